The third kappa shape index (κ3) is 7.14. The molecule has 0 spiro atoms. The second kappa shape index (κ2) is 9.23. The highest BCUT2D eigenvalue weighted by Crippen LogP contribution is 2.13. The van der Waals surface area contributed by atoms with E-state index in [1.807, 2.05) is 18.7 Å². The van der Waals surface area contributed by atoms with Crippen molar-refractivity contribution in [3.8, 4) is 0 Å². The number of nitrogens with zero attached hydrogens (tertiary/aromatic N) is 1. The van der Waals surface area contributed by atoms with E-state index in [2.05, 4.69) is 17.9 Å². The SMILES string of the molecule is CC(C)OCCCCC(=O)N1CCC(NC(=O)S)CC1. The molecule has 116 valence electrons. The van der Waals surface area contributed by atoms with Crippen LogP contribution in [-0.2, 0) is 9.53 Å². The molecule has 0 radical (unpaired) electrons. The van der Waals surface area contributed by atoms with Gasteiger partial charge in [0.25, 0.3) is 5.24 Å². The Hall–Kier alpha value is -0.750. The zero-order valence-electron chi connectivity index (χ0n) is 12.4. The average molecular weight is 302 g/mol. The van der Waals surface area contributed by atoms with Gasteiger partial charge in [0.1, 0.15) is 0 Å². The maximum absolute atomic E-state index is 12.0. The standard InChI is InChI=1S/C14H26N2O3S/c1-11(2)19-10-4-3-5-13(17)16-8-6-12(7-9-16)15-14(18)20/h11-12H,3-10H2,1-2H3,(H2,15,18,20). The van der Waals surface area contributed by atoms with Gasteiger partial charge in [-0.2, -0.15) is 0 Å². The number of carbonyl (C=O) groups is 2. The van der Waals surface area contributed by atoms with E-state index in [0.717, 1.165) is 45.4 Å². The topological polar surface area (TPSA) is 58.6 Å². The van der Waals surface area contributed by atoms with Crippen molar-refractivity contribution in [2.75, 3.05) is 19.7 Å². The van der Waals surface area contributed by atoms with Gasteiger partial charge >= 0.3 is 0 Å². The van der Waals surface area contributed by atoms with Crippen molar-refractivity contribution in [2.45, 2.75) is 58.1 Å². The average Bonchev–Trinajstić information content (AvgIpc) is 2.38. The van der Waals surface area contributed by atoms with Crippen LogP contribution in [0.5, 0.6) is 0 Å². The van der Waals surface area contributed by atoms with Crippen molar-refractivity contribution >= 4 is 23.8 Å². The van der Waals surface area contributed by atoms with Gasteiger partial charge in [0.05, 0.1) is 6.10 Å². The summed E-state index contributed by atoms with van der Waals surface area (Å²) in [5.74, 6) is 0.213. The number of amides is 2. The second-order valence-electron chi connectivity index (χ2n) is 5.48. The molecular weight excluding hydrogens is 276 g/mol. The summed E-state index contributed by atoms with van der Waals surface area (Å²) in [7, 11) is 0. The number of ether oxygens (including phenoxy) is 1. The van der Waals surface area contributed by atoms with Gasteiger partial charge in [-0.1, -0.05) is 12.6 Å². The first kappa shape index (κ1) is 17.3. The lowest BCUT2D eigenvalue weighted by Crippen LogP contribution is -2.45. The predicted molar refractivity (Wildman–Crippen MR) is 82.1 cm³/mol. The minimum absolute atomic E-state index is 0.156. The summed E-state index contributed by atoms with van der Waals surface area (Å²) in [5.41, 5.74) is 0. The Morgan fingerprint density at radius 2 is 1.95 bits per heavy atom. The zero-order valence-corrected chi connectivity index (χ0v) is 13.3. The largest absolute Gasteiger partial charge is 0.379 e. The van der Waals surface area contributed by atoms with E-state index in [-0.39, 0.29) is 23.3 Å². The first-order valence-corrected chi connectivity index (χ1v) is 7.82. The molecule has 0 bridgehead atoms. The fourth-order valence-electron chi connectivity index (χ4n) is 2.30. The molecule has 0 aromatic carbocycles. The number of nitrogens with one attached hydrogen (secondary N) is 1. The lowest BCUT2D eigenvalue weighted by molar-refractivity contribution is -0.132. The van der Waals surface area contributed by atoms with Crippen LogP contribution >= 0.6 is 12.6 Å². The Kier molecular flexibility index (Phi) is 7.99. The normalized spacial score (nSPS) is 16.5. The van der Waals surface area contributed by atoms with Crippen molar-refractivity contribution in [2.24, 2.45) is 0 Å². The fraction of sp³-hybridized carbons (Fsp3) is 0.857. The first-order valence-electron chi connectivity index (χ1n) is 7.38. The molecule has 1 aliphatic heterocycles. The van der Waals surface area contributed by atoms with Crippen molar-refractivity contribution in [1.82, 2.24) is 10.2 Å². The molecule has 1 saturated heterocycles. The molecule has 2 amide bonds. The molecule has 6 heteroatoms. The molecule has 0 aromatic heterocycles. The summed E-state index contributed by atoms with van der Waals surface area (Å²) in [4.78, 5) is 24.7. The molecule has 0 atom stereocenters. The smallest absolute Gasteiger partial charge is 0.276 e. The van der Waals surface area contributed by atoms with Crippen LogP contribution in [0.3, 0.4) is 0 Å². The summed E-state index contributed by atoms with van der Waals surface area (Å²) < 4.78 is 5.45. The van der Waals surface area contributed by atoms with Gasteiger partial charge in [0, 0.05) is 32.2 Å². The highest BCUT2D eigenvalue weighted by molar-refractivity contribution is 7.96. The van der Waals surface area contributed by atoms with Crippen LogP contribution < -0.4 is 5.32 Å². The lowest BCUT2D eigenvalue weighted by Gasteiger charge is -2.32. The third-order valence-electron chi connectivity index (χ3n) is 3.41. The number of hydrogen-bond donors (Lipinski definition) is 2. The summed E-state index contributed by atoms with van der Waals surface area (Å²) in [6, 6.07) is 0.156. The van der Waals surface area contributed by atoms with Crippen LogP contribution in [0.1, 0.15) is 46.0 Å². The Bertz CT molecular complexity index is 316. The Morgan fingerprint density at radius 1 is 1.30 bits per heavy atom. The number of unbranched alkanes of at least 4 members (excludes halogenated alkanes) is 1. The van der Waals surface area contributed by atoms with E-state index in [9.17, 15) is 9.59 Å². The molecule has 5 nitrogen and oxygen atoms in total. The maximum Gasteiger partial charge on any atom is 0.276 e. The second-order valence-corrected chi connectivity index (χ2v) is 5.89. The number of piperidine rings is 1. The van der Waals surface area contributed by atoms with Gasteiger partial charge in [-0.15, -0.1) is 0 Å². The molecular formula is C14H26N2O3S. The quantitative estimate of drug-likeness (QED) is 0.560. The number of hydrogen-bond acceptors (Lipinski definition) is 3. The van der Waals surface area contributed by atoms with E-state index in [1.165, 1.54) is 0 Å². The van der Waals surface area contributed by atoms with Crippen LogP contribution in [0.25, 0.3) is 0 Å². The fourth-order valence-corrected chi connectivity index (χ4v) is 2.49. The number of carbonyl (C=O) groups excluding carboxylic acids is 2. The molecule has 1 heterocycles. The van der Waals surface area contributed by atoms with E-state index in [0.29, 0.717) is 6.42 Å². The lowest BCUT2D eigenvalue weighted by atomic mass is 10.0. The minimum atomic E-state index is -0.292. The van der Waals surface area contributed by atoms with Gasteiger partial charge in [-0.05, 0) is 39.5 Å². The number of likely N-dealkylation sites (tertiary alicyclic amines) is 1. The molecule has 0 saturated carbocycles. The van der Waals surface area contributed by atoms with Crippen LogP contribution in [0.4, 0.5) is 4.79 Å². The predicted octanol–water partition coefficient (Wildman–Crippen LogP) is 2.21. The van der Waals surface area contributed by atoms with Crippen LogP contribution in [-0.4, -0.2) is 47.9 Å². The van der Waals surface area contributed by atoms with Gasteiger partial charge in [-0.25, -0.2) is 0 Å². The molecule has 0 unspecified atom stereocenters. The summed E-state index contributed by atoms with van der Waals surface area (Å²) in [6.45, 7) is 6.19. The van der Waals surface area contributed by atoms with E-state index >= 15 is 0 Å². The molecule has 20 heavy (non-hydrogen) atoms. The Balaban J connectivity index is 2.11. The molecule has 1 aliphatic rings. The van der Waals surface area contributed by atoms with E-state index < -0.39 is 0 Å². The Morgan fingerprint density at radius 3 is 2.50 bits per heavy atom. The molecule has 1 fully saturated rings. The Labute approximate surface area is 126 Å². The van der Waals surface area contributed by atoms with Crippen LogP contribution in [0.15, 0.2) is 0 Å². The molecule has 1 rings (SSSR count). The summed E-state index contributed by atoms with van der Waals surface area (Å²) >= 11 is 3.71. The van der Waals surface area contributed by atoms with Gasteiger partial charge in [0.2, 0.25) is 5.91 Å². The van der Waals surface area contributed by atoms with E-state index in [1.54, 1.807) is 0 Å². The first-order chi connectivity index (χ1) is 9.49. The maximum atomic E-state index is 12.0. The van der Waals surface area contributed by atoms with Crippen molar-refractivity contribution in [3.63, 3.8) is 0 Å². The molecule has 0 aliphatic carbocycles. The van der Waals surface area contributed by atoms with Crippen LogP contribution in [0, 0.1) is 0 Å². The molecule has 1 N–H and O–H groups in total. The summed E-state index contributed by atoms with van der Waals surface area (Å²) in [6.07, 6.45) is 4.27. The van der Waals surface area contributed by atoms with Gasteiger partial charge < -0.3 is 15.0 Å². The van der Waals surface area contributed by atoms with Crippen molar-refractivity contribution < 1.29 is 14.3 Å². The van der Waals surface area contributed by atoms with Crippen LogP contribution in [0.2, 0.25) is 0 Å². The summed E-state index contributed by atoms with van der Waals surface area (Å²) in [5, 5.41) is 2.49. The van der Waals surface area contributed by atoms with Gasteiger partial charge in [-0.3, -0.25) is 9.59 Å². The minimum Gasteiger partial charge on any atom is -0.379 e. The van der Waals surface area contributed by atoms with E-state index in [4.69, 9.17) is 4.74 Å². The van der Waals surface area contributed by atoms with Gasteiger partial charge in [0.15, 0.2) is 0 Å². The highest BCUT2D eigenvalue weighted by Gasteiger charge is 2.22. The zero-order chi connectivity index (χ0) is 15.0. The molecule has 0 aromatic rings. The highest BCUT2D eigenvalue weighted by atomic mass is 32.1. The van der Waals surface area contributed by atoms with Crippen molar-refractivity contribution in [1.29, 1.82) is 0 Å². The number of thiol groups is 1. The van der Waals surface area contributed by atoms with Crippen molar-refractivity contribution in [3.05, 3.63) is 0 Å². The number of rotatable bonds is 7. The third-order valence-corrected chi connectivity index (χ3v) is 3.54. The monoisotopic (exact) mass is 302 g/mol.